The summed E-state index contributed by atoms with van der Waals surface area (Å²) in [5.74, 6) is 0.382. The van der Waals surface area contributed by atoms with Crippen molar-refractivity contribution in [2.45, 2.75) is 76.9 Å². The molecule has 3 aliphatic rings. The Balaban J connectivity index is 1.37. The number of ether oxygens (including phenoxy) is 1. The van der Waals surface area contributed by atoms with E-state index in [1.165, 1.54) is 18.4 Å². The van der Waals surface area contributed by atoms with Crippen molar-refractivity contribution in [2.24, 2.45) is 5.92 Å². The van der Waals surface area contributed by atoms with Crippen LogP contribution in [0, 0.1) is 5.92 Å². The first-order chi connectivity index (χ1) is 12.0. The smallest absolute Gasteiger partial charge is 0.226 e. The zero-order chi connectivity index (χ0) is 17.9. The summed E-state index contributed by atoms with van der Waals surface area (Å²) in [7, 11) is 0. The Morgan fingerprint density at radius 3 is 2.64 bits per heavy atom. The number of piperidine rings is 1. The molecule has 0 aromatic rings. The molecule has 5 nitrogen and oxygen atoms in total. The first kappa shape index (κ1) is 18.4. The van der Waals surface area contributed by atoms with Crippen LogP contribution in [0.15, 0.2) is 11.6 Å². The third-order valence-corrected chi connectivity index (χ3v) is 5.84. The van der Waals surface area contributed by atoms with E-state index in [0.29, 0.717) is 13.0 Å². The van der Waals surface area contributed by atoms with E-state index in [4.69, 9.17) is 4.74 Å². The van der Waals surface area contributed by atoms with Gasteiger partial charge in [-0.2, -0.15) is 0 Å². The Labute approximate surface area is 151 Å². The van der Waals surface area contributed by atoms with Crippen LogP contribution in [0.25, 0.3) is 0 Å². The average Bonchev–Trinajstić information content (AvgIpc) is 2.59. The second-order valence-corrected chi connectivity index (χ2v) is 8.19. The second kappa shape index (κ2) is 7.90. The van der Waals surface area contributed by atoms with Gasteiger partial charge in [-0.05, 0) is 38.5 Å². The quantitative estimate of drug-likeness (QED) is 0.777. The van der Waals surface area contributed by atoms with Gasteiger partial charge in [0, 0.05) is 38.4 Å². The fourth-order valence-corrected chi connectivity index (χ4v) is 4.15. The largest absolute Gasteiger partial charge is 0.370 e. The Bertz CT molecular complexity index is 525. The van der Waals surface area contributed by atoms with Crippen LogP contribution in [-0.2, 0) is 14.3 Å². The molecule has 5 heteroatoms. The SMILES string of the molecule is CC(C)C(=O)NCC1CC2(CCN(C(=O)CC3=CCCCC3)CC2)O1. The molecule has 140 valence electrons. The van der Waals surface area contributed by atoms with E-state index >= 15 is 0 Å². The third kappa shape index (κ3) is 4.63. The lowest BCUT2D eigenvalue weighted by Gasteiger charge is -2.52. The van der Waals surface area contributed by atoms with E-state index in [1.54, 1.807) is 0 Å². The molecule has 1 atom stereocenters. The van der Waals surface area contributed by atoms with Crippen molar-refractivity contribution in [1.82, 2.24) is 10.2 Å². The second-order valence-electron chi connectivity index (χ2n) is 8.19. The number of rotatable bonds is 5. The summed E-state index contributed by atoms with van der Waals surface area (Å²) in [5.41, 5.74) is 1.28. The van der Waals surface area contributed by atoms with Gasteiger partial charge in [0.25, 0.3) is 0 Å². The van der Waals surface area contributed by atoms with Gasteiger partial charge in [-0.15, -0.1) is 0 Å². The number of likely N-dealkylation sites (tertiary alicyclic amines) is 1. The maximum Gasteiger partial charge on any atom is 0.226 e. The van der Waals surface area contributed by atoms with Crippen LogP contribution < -0.4 is 5.32 Å². The Kier molecular flexibility index (Phi) is 5.82. The number of hydrogen-bond acceptors (Lipinski definition) is 3. The molecule has 3 rings (SSSR count). The molecule has 0 aromatic heterocycles. The molecular weight excluding hydrogens is 316 g/mol. The van der Waals surface area contributed by atoms with Crippen LogP contribution in [0.2, 0.25) is 0 Å². The Hall–Kier alpha value is -1.36. The lowest BCUT2D eigenvalue weighted by molar-refractivity contribution is -0.222. The number of amides is 2. The molecule has 0 saturated carbocycles. The normalized spacial score (nSPS) is 25.5. The van der Waals surface area contributed by atoms with Gasteiger partial charge >= 0.3 is 0 Å². The van der Waals surface area contributed by atoms with Gasteiger partial charge in [-0.3, -0.25) is 9.59 Å². The van der Waals surface area contributed by atoms with Crippen molar-refractivity contribution in [2.75, 3.05) is 19.6 Å². The van der Waals surface area contributed by atoms with Crippen LogP contribution in [0.4, 0.5) is 0 Å². The summed E-state index contributed by atoms with van der Waals surface area (Å²) >= 11 is 0. The Morgan fingerprint density at radius 1 is 1.32 bits per heavy atom. The highest BCUT2D eigenvalue weighted by Crippen LogP contribution is 2.41. The molecule has 0 aromatic carbocycles. The average molecular weight is 348 g/mol. The first-order valence-electron chi connectivity index (χ1n) is 9.89. The van der Waals surface area contributed by atoms with E-state index < -0.39 is 0 Å². The molecular formula is C20H32N2O3. The summed E-state index contributed by atoms with van der Waals surface area (Å²) in [6.07, 6.45) is 10.6. The minimum Gasteiger partial charge on any atom is -0.370 e. The Morgan fingerprint density at radius 2 is 2.04 bits per heavy atom. The number of hydrogen-bond donors (Lipinski definition) is 1. The minimum absolute atomic E-state index is 0.0163. The number of carbonyl (C=O) groups excluding carboxylic acids is 2. The minimum atomic E-state index is -0.0475. The standard InChI is InChI=1S/C20H32N2O3/c1-15(2)19(24)21-14-17-13-20(25-17)8-10-22(11-9-20)18(23)12-16-6-4-3-5-7-16/h6,15,17H,3-5,7-14H2,1-2H3,(H,21,24). The predicted molar refractivity (Wildman–Crippen MR) is 97.1 cm³/mol. The highest BCUT2D eigenvalue weighted by molar-refractivity contribution is 5.79. The topological polar surface area (TPSA) is 58.6 Å². The molecule has 1 aliphatic carbocycles. The fraction of sp³-hybridized carbons (Fsp3) is 0.800. The molecule has 2 fully saturated rings. The van der Waals surface area contributed by atoms with Crippen LogP contribution in [0.3, 0.4) is 0 Å². The van der Waals surface area contributed by atoms with Crippen molar-refractivity contribution in [3.05, 3.63) is 11.6 Å². The number of carbonyl (C=O) groups is 2. The van der Waals surface area contributed by atoms with Crippen LogP contribution in [0.1, 0.15) is 65.2 Å². The van der Waals surface area contributed by atoms with Gasteiger partial charge < -0.3 is 15.0 Å². The van der Waals surface area contributed by atoms with Crippen LogP contribution >= 0.6 is 0 Å². The van der Waals surface area contributed by atoms with Gasteiger partial charge in [0.2, 0.25) is 11.8 Å². The lowest BCUT2D eigenvalue weighted by atomic mass is 9.80. The molecule has 25 heavy (non-hydrogen) atoms. The predicted octanol–water partition coefficient (Wildman–Crippen LogP) is 2.80. The molecule has 2 saturated heterocycles. The van der Waals surface area contributed by atoms with E-state index in [9.17, 15) is 9.59 Å². The number of allylic oxidation sites excluding steroid dienone is 1. The molecule has 1 N–H and O–H groups in total. The van der Waals surface area contributed by atoms with Gasteiger partial charge in [-0.25, -0.2) is 0 Å². The van der Waals surface area contributed by atoms with Crippen LogP contribution in [0.5, 0.6) is 0 Å². The first-order valence-corrected chi connectivity index (χ1v) is 9.89. The highest BCUT2D eigenvalue weighted by Gasteiger charge is 2.47. The van der Waals surface area contributed by atoms with E-state index in [-0.39, 0.29) is 29.4 Å². The van der Waals surface area contributed by atoms with Crippen molar-refractivity contribution in [3.63, 3.8) is 0 Å². The molecule has 2 aliphatic heterocycles. The van der Waals surface area contributed by atoms with Crippen LogP contribution in [-0.4, -0.2) is 48.1 Å². The van der Waals surface area contributed by atoms with E-state index in [0.717, 1.165) is 45.2 Å². The third-order valence-electron chi connectivity index (χ3n) is 5.84. The van der Waals surface area contributed by atoms with Gasteiger partial charge in [-0.1, -0.05) is 25.5 Å². The molecule has 1 unspecified atom stereocenters. The monoisotopic (exact) mass is 348 g/mol. The van der Waals surface area contributed by atoms with Gasteiger partial charge in [0.1, 0.15) is 0 Å². The maximum absolute atomic E-state index is 12.5. The molecule has 0 bridgehead atoms. The highest BCUT2D eigenvalue weighted by atomic mass is 16.5. The zero-order valence-electron chi connectivity index (χ0n) is 15.7. The van der Waals surface area contributed by atoms with E-state index in [1.807, 2.05) is 18.7 Å². The number of nitrogens with one attached hydrogen (secondary N) is 1. The van der Waals surface area contributed by atoms with Crippen molar-refractivity contribution in [3.8, 4) is 0 Å². The summed E-state index contributed by atoms with van der Waals surface area (Å²) in [6, 6.07) is 0. The molecule has 1 spiro atoms. The maximum atomic E-state index is 12.5. The van der Waals surface area contributed by atoms with Gasteiger partial charge in [0.15, 0.2) is 0 Å². The molecule has 0 radical (unpaired) electrons. The summed E-state index contributed by atoms with van der Waals surface area (Å²) in [5, 5.41) is 2.94. The summed E-state index contributed by atoms with van der Waals surface area (Å²) < 4.78 is 6.11. The fourth-order valence-electron chi connectivity index (χ4n) is 4.15. The van der Waals surface area contributed by atoms with Crippen molar-refractivity contribution in [1.29, 1.82) is 0 Å². The zero-order valence-corrected chi connectivity index (χ0v) is 15.7. The lowest BCUT2D eigenvalue weighted by Crippen LogP contribution is -2.59. The van der Waals surface area contributed by atoms with Crippen molar-refractivity contribution >= 4 is 11.8 Å². The summed E-state index contributed by atoms with van der Waals surface area (Å²) in [4.78, 5) is 26.1. The molecule has 2 amide bonds. The number of nitrogens with zero attached hydrogens (tertiary/aromatic N) is 1. The summed E-state index contributed by atoms with van der Waals surface area (Å²) in [6.45, 7) is 6.01. The van der Waals surface area contributed by atoms with Crippen molar-refractivity contribution < 1.29 is 14.3 Å². The van der Waals surface area contributed by atoms with E-state index in [2.05, 4.69) is 11.4 Å². The molecule has 2 heterocycles. The van der Waals surface area contributed by atoms with Gasteiger partial charge in [0.05, 0.1) is 11.7 Å².